The Bertz CT molecular complexity index is 567. The second-order valence-corrected chi connectivity index (χ2v) is 9.19. The number of hydrogen-bond donors (Lipinski definition) is 1. The highest BCUT2D eigenvalue weighted by atomic mass is 16.5. The molecule has 0 bridgehead atoms. The van der Waals surface area contributed by atoms with Gasteiger partial charge in [0.1, 0.15) is 0 Å². The Morgan fingerprint density at radius 1 is 0.967 bits per heavy atom. The van der Waals surface area contributed by atoms with E-state index < -0.39 is 0 Å². The highest BCUT2D eigenvalue weighted by Gasteiger charge is 2.38. The number of ether oxygens (including phenoxy) is 1. The molecule has 0 aromatic carbocycles. The third kappa shape index (κ3) is 10.6. The van der Waals surface area contributed by atoms with Crippen LogP contribution in [0.3, 0.4) is 0 Å². The number of unbranched alkanes of at least 4 members (excludes halogenated alkanes) is 4. The number of allylic oxidation sites excluding steroid dienone is 4. The fourth-order valence-electron chi connectivity index (χ4n) is 4.22. The van der Waals surface area contributed by atoms with Crippen LogP contribution in [0.25, 0.3) is 0 Å². The van der Waals surface area contributed by atoms with Crippen molar-refractivity contribution in [2.75, 3.05) is 7.11 Å². The molecule has 1 unspecified atom stereocenters. The first-order valence-electron chi connectivity index (χ1n) is 12.4. The summed E-state index contributed by atoms with van der Waals surface area (Å²) in [6, 6.07) is 0. The number of hydrogen-bond acceptors (Lipinski definition) is 3. The van der Waals surface area contributed by atoms with Crippen molar-refractivity contribution in [3.63, 3.8) is 0 Å². The van der Waals surface area contributed by atoms with E-state index in [4.69, 9.17) is 0 Å². The van der Waals surface area contributed by atoms with Gasteiger partial charge < -0.3 is 9.84 Å². The SMILES string of the molecule is CCCCC/C=C\CC(/C(=C\C[C@H](O)C/C=C\CCCC(=O)OC)C1CC1)C1CC1. The van der Waals surface area contributed by atoms with Crippen LogP contribution >= 0.6 is 0 Å². The number of carbonyl (C=O) groups is 1. The van der Waals surface area contributed by atoms with E-state index in [0.717, 1.165) is 31.1 Å². The zero-order valence-corrected chi connectivity index (χ0v) is 19.4. The third-order valence-electron chi connectivity index (χ3n) is 6.38. The van der Waals surface area contributed by atoms with Gasteiger partial charge in [0.25, 0.3) is 0 Å². The molecule has 0 heterocycles. The van der Waals surface area contributed by atoms with Gasteiger partial charge in [0, 0.05) is 6.42 Å². The number of aliphatic hydroxyl groups excluding tert-OH is 1. The molecule has 0 aliphatic heterocycles. The van der Waals surface area contributed by atoms with Crippen molar-refractivity contribution >= 4 is 5.97 Å². The minimum Gasteiger partial charge on any atom is -0.469 e. The van der Waals surface area contributed by atoms with Gasteiger partial charge in [-0.2, -0.15) is 0 Å². The van der Waals surface area contributed by atoms with Gasteiger partial charge in [-0.15, -0.1) is 0 Å². The lowest BCUT2D eigenvalue weighted by Gasteiger charge is -2.20. The van der Waals surface area contributed by atoms with Gasteiger partial charge in [-0.3, -0.25) is 4.79 Å². The summed E-state index contributed by atoms with van der Waals surface area (Å²) in [5, 5.41) is 10.4. The van der Waals surface area contributed by atoms with Gasteiger partial charge in [-0.25, -0.2) is 0 Å². The van der Waals surface area contributed by atoms with Crippen LogP contribution in [0.2, 0.25) is 0 Å². The average molecular weight is 417 g/mol. The van der Waals surface area contributed by atoms with E-state index in [1.807, 2.05) is 0 Å². The summed E-state index contributed by atoms with van der Waals surface area (Å²) in [6.07, 6.45) is 26.4. The largest absolute Gasteiger partial charge is 0.469 e. The van der Waals surface area contributed by atoms with Crippen molar-refractivity contribution in [3.8, 4) is 0 Å². The highest BCUT2D eigenvalue weighted by molar-refractivity contribution is 5.69. The van der Waals surface area contributed by atoms with Crippen molar-refractivity contribution in [3.05, 3.63) is 36.0 Å². The molecule has 30 heavy (non-hydrogen) atoms. The molecule has 2 fully saturated rings. The summed E-state index contributed by atoms with van der Waals surface area (Å²) < 4.78 is 4.65. The molecule has 3 heteroatoms. The van der Waals surface area contributed by atoms with Crippen molar-refractivity contribution in [1.82, 2.24) is 0 Å². The Morgan fingerprint density at radius 2 is 1.67 bits per heavy atom. The molecule has 0 amide bonds. The Hall–Kier alpha value is -1.35. The molecule has 2 aliphatic rings. The van der Waals surface area contributed by atoms with E-state index in [1.165, 1.54) is 64.9 Å². The summed E-state index contributed by atoms with van der Waals surface area (Å²) >= 11 is 0. The molecule has 1 N–H and O–H groups in total. The minimum absolute atomic E-state index is 0.151. The fourth-order valence-corrected chi connectivity index (χ4v) is 4.22. The number of rotatable bonds is 17. The van der Waals surface area contributed by atoms with Crippen LogP contribution in [0.4, 0.5) is 0 Å². The first-order chi connectivity index (χ1) is 14.7. The van der Waals surface area contributed by atoms with Crippen molar-refractivity contribution in [2.24, 2.45) is 17.8 Å². The lowest BCUT2D eigenvalue weighted by atomic mass is 9.86. The van der Waals surface area contributed by atoms with Crippen molar-refractivity contribution < 1.29 is 14.6 Å². The smallest absolute Gasteiger partial charge is 0.305 e. The summed E-state index contributed by atoms with van der Waals surface area (Å²) in [5.41, 5.74) is 1.65. The lowest BCUT2D eigenvalue weighted by Crippen LogP contribution is -2.10. The Morgan fingerprint density at radius 3 is 2.30 bits per heavy atom. The van der Waals surface area contributed by atoms with Gasteiger partial charge in [-0.05, 0) is 88.4 Å². The molecule has 0 radical (unpaired) electrons. The number of esters is 1. The molecule has 0 saturated heterocycles. The Balaban J connectivity index is 1.75. The first-order valence-corrected chi connectivity index (χ1v) is 12.4. The molecule has 2 atom stereocenters. The number of methoxy groups -OCH3 is 1. The fraction of sp³-hybridized carbons (Fsp3) is 0.741. The summed E-state index contributed by atoms with van der Waals surface area (Å²) in [7, 11) is 1.43. The monoisotopic (exact) mass is 416 g/mol. The number of aliphatic hydroxyl groups is 1. The maximum atomic E-state index is 11.1. The highest BCUT2D eigenvalue weighted by Crippen LogP contribution is 2.50. The van der Waals surface area contributed by atoms with Crippen LogP contribution < -0.4 is 0 Å². The average Bonchev–Trinajstić information content (AvgIpc) is 3.64. The Labute approximate surface area is 184 Å². The van der Waals surface area contributed by atoms with Gasteiger partial charge in [0.15, 0.2) is 0 Å². The van der Waals surface area contributed by atoms with E-state index in [9.17, 15) is 9.90 Å². The van der Waals surface area contributed by atoms with Crippen LogP contribution in [0, 0.1) is 17.8 Å². The molecule has 2 rings (SSSR count). The second-order valence-electron chi connectivity index (χ2n) is 9.19. The van der Waals surface area contributed by atoms with Crippen LogP contribution in [-0.4, -0.2) is 24.3 Å². The maximum Gasteiger partial charge on any atom is 0.305 e. The summed E-state index contributed by atoms with van der Waals surface area (Å²) in [5.74, 6) is 2.22. The van der Waals surface area contributed by atoms with Crippen LogP contribution in [-0.2, 0) is 9.53 Å². The topological polar surface area (TPSA) is 46.5 Å². The Kier molecular flexibility index (Phi) is 12.1. The zero-order chi connectivity index (χ0) is 21.6. The zero-order valence-electron chi connectivity index (χ0n) is 19.4. The van der Waals surface area contributed by atoms with Crippen LogP contribution in [0.15, 0.2) is 36.0 Å². The molecule has 0 spiro atoms. The van der Waals surface area contributed by atoms with Gasteiger partial charge in [-0.1, -0.05) is 55.7 Å². The standard InChI is InChI=1S/C27H44O3/c1-3-4-5-6-7-11-14-25(22-16-17-22)26(23-18-19-23)21-20-24(28)13-10-8-9-12-15-27(29)30-2/h7-8,10-11,21-25,28H,3-6,9,12-20H2,1-2H3/b10-8-,11-7-,26-21-/t24-,25?/m1/s1. The van der Waals surface area contributed by atoms with E-state index in [0.29, 0.717) is 18.8 Å². The normalized spacial score (nSPS) is 19.5. The third-order valence-corrected chi connectivity index (χ3v) is 6.38. The van der Waals surface area contributed by atoms with Gasteiger partial charge in [0.05, 0.1) is 13.2 Å². The first kappa shape index (κ1) is 24.9. The van der Waals surface area contributed by atoms with Crippen molar-refractivity contribution in [1.29, 1.82) is 0 Å². The van der Waals surface area contributed by atoms with E-state index in [1.54, 1.807) is 5.57 Å². The molecular formula is C27H44O3. The van der Waals surface area contributed by atoms with E-state index >= 15 is 0 Å². The van der Waals surface area contributed by atoms with E-state index in [2.05, 4.69) is 42.0 Å². The molecule has 2 aliphatic carbocycles. The minimum atomic E-state index is -0.306. The summed E-state index contributed by atoms with van der Waals surface area (Å²) in [6.45, 7) is 2.26. The van der Waals surface area contributed by atoms with Crippen LogP contribution in [0.1, 0.15) is 96.8 Å². The van der Waals surface area contributed by atoms with Gasteiger partial charge in [0.2, 0.25) is 0 Å². The van der Waals surface area contributed by atoms with Crippen LogP contribution in [0.5, 0.6) is 0 Å². The quantitative estimate of drug-likeness (QED) is 0.159. The molecule has 170 valence electrons. The van der Waals surface area contributed by atoms with Gasteiger partial charge >= 0.3 is 5.97 Å². The second kappa shape index (κ2) is 14.6. The van der Waals surface area contributed by atoms with Crippen molar-refractivity contribution in [2.45, 2.75) is 103 Å². The lowest BCUT2D eigenvalue weighted by molar-refractivity contribution is -0.140. The molecule has 2 saturated carbocycles. The molecule has 3 nitrogen and oxygen atoms in total. The predicted octanol–water partition coefficient (Wildman–Crippen LogP) is 6.92. The maximum absolute atomic E-state index is 11.1. The number of carbonyl (C=O) groups excluding carboxylic acids is 1. The predicted molar refractivity (Wildman–Crippen MR) is 125 cm³/mol. The molecular weight excluding hydrogens is 372 g/mol. The molecule has 0 aromatic heterocycles. The molecule has 0 aromatic rings. The van der Waals surface area contributed by atoms with E-state index in [-0.39, 0.29) is 12.1 Å². The summed E-state index contributed by atoms with van der Waals surface area (Å²) in [4.78, 5) is 11.1.